The average Bonchev–Trinajstić information content (AvgIpc) is 2.68. The number of hydrogen-bond acceptors (Lipinski definition) is 3. The van der Waals surface area contributed by atoms with Crippen molar-refractivity contribution in [1.29, 1.82) is 0 Å². The Balaban J connectivity index is 1.58. The van der Waals surface area contributed by atoms with Crippen LogP contribution in [0.15, 0.2) is 42.5 Å². The highest BCUT2D eigenvalue weighted by Gasteiger charge is 2.13. The maximum atomic E-state index is 12.5. The number of rotatable bonds is 6. The molecule has 0 saturated carbocycles. The fraction of sp³-hybridized carbons (Fsp3) is 0.381. The van der Waals surface area contributed by atoms with Crippen molar-refractivity contribution >= 4 is 23.2 Å². The van der Waals surface area contributed by atoms with Crippen LogP contribution in [0.4, 0.5) is 5.69 Å². The first-order chi connectivity index (χ1) is 12.7. The lowest BCUT2D eigenvalue weighted by molar-refractivity contribution is 0.102. The van der Waals surface area contributed by atoms with E-state index in [1.54, 1.807) is 18.2 Å². The highest BCUT2D eigenvalue weighted by atomic mass is 35.5. The third kappa shape index (κ3) is 4.99. The third-order valence-corrected chi connectivity index (χ3v) is 5.02. The second-order valence-electron chi connectivity index (χ2n) is 6.65. The molecule has 2 aromatic carbocycles. The Morgan fingerprint density at radius 2 is 1.85 bits per heavy atom. The monoisotopic (exact) mass is 372 g/mol. The summed E-state index contributed by atoms with van der Waals surface area (Å²) in [5, 5.41) is 3.41. The highest BCUT2D eigenvalue weighted by molar-refractivity contribution is 6.31. The molecule has 1 N–H and O–H groups in total. The molecule has 2 aromatic rings. The number of methoxy groups -OCH3 is 1. The Bertz CT molecular complexity index is 740. The highest BCUT2D eigenvalue weighted by Crippen LogP contribution is 2.24. The molecule has 1 aliphatic heterocycles. The molecule has 1 fully saturated rings. The summed E-state index contributed by atoms with van der Waals surface area (Å²) >= 11 is 6.00. The predicted octanol–water partition coefficient (Wildman–Crippen LogP) is 4.63. The Morgan fingerprint density at radius 3 is 2.54 bits per heavy atom. The summed E-state index contributed by atoms with van der Waals surface area (Å²) < 4.78 is 5.24. The zero-order valence-electron chi connectivity index (χ0n) is 15.1. The standard InChI is InChI=1S/C21H25ClN2O2/c1-26-20-10-7-17(22)15-19(20)21(25)23-18-8-5-16(6-9-18)11-14-24-12-3-2-4-13-24/h5-10,15H,2-4,11-14H2,1H3,(H,23,25). The van der Waals surface area contributed by atoms with Gasteiger partial charge in [0.05, 0.1) is 12.7 Å². The van der Waals surface area contributed by atoms with Gasteiger partial charge in [-0.15, -0.1) is 0 Å². The SMILES string of the molecule is COc1ccc(Cl)cc1C(=O)Nc1ccc(CCN2CCCCC2)cc1. The molecule has 1 aliphatic rings. The number of amides is 1. The molecule has 0 unspecified atom stereocenters. The van der Waals surface area contributed by atoms with Gasteiger partial charge in [0.1, 0.15) is 5.75 Å². The Morgan fingerprint density at radius 1 is 1.12 bits per heavy atom. The molecule has 5 heteroatoms. The number of likely N-dealkylation sites (tertiary alicyclic amines) is 1. The number of carbonyl (C=O) groups is 1. The van der Waals surface area contributed by atoms with Gasteiger partial charge in [-0.1, -0.05) is 30.2 Å². The summed E-state index contributed by atoms with van der Waals surface area (Å²) in [6.45, 7) is 3.54. The maximum Gasteiger partial charge on any atom is 0.259 e. The first-order valence-electron chi connectivity index (χ1n) is 9.12. The minimum atomic E-state index is -0.231. The predicted molar refractivity (Wildman–Crippen MR) is 106 cm³/mol. The topological polar surface area (TPSA) is 41.6 Å². The molecule has 1 saturated heterocycles. The number of ether oxygens (including phenoxy) is 1. The lowest BCUT2D eigenvalue weighted by Gasteiger charge is -2.26. The van der Waals surface area contributed by atoms with Crippen molar-refractivity contribution in [2.24, 2.45) is 0 Å². The lowest BCUT2D eigenvalue weighted by Crippen LogP contribution is -2.31. The van der Waals surface area contributed by atoms with Crippen molar-refractivity contribution in [2.45, 2.75) is 25.7 Å². The minimum Gasteiger partial charge on any atom is -0.496 e. The van der Waals surface area contributed by atoms with Gasteiger partial charge in [0.25, 0.3) is 5.91 Å². The Hall–Kier alpha value is -2.04. The van der Waals surface area contributed by atoms with Gasteiger partial charge < -0.3 is 15.0 Å². The van der Waals surface area contributed by atoms with Crippen LogP contribution in [-0.2, 0) is 6.42 Å². The first-order valence-corrected chi connectivity index (χ1v) is 9.50. The summed E-state index contributed by atoms with van der Waals surface area (Å²) in [4.78, 5) is 15.0. The minimum absolute atomic E-state index is 0.231. The largest absolute Gasteiger partial charge is 0.496 e. The molecule has 0 spiro atoms. The quantitative estimate of drug-likeness (QED) is 0.803. The van der Waals surface area contributed by atoms with Crippen LogP contribution in [-0.4, -0.2) is 37.6 Å². The Kier molecular flexibility index (Phi) is 6.53. The van der Waals surface area contributed by atoms with Crippen LogP contribution in [0.3, 0.4) is 0 Å². The molecule has 1 heterocycles. The second kappa shape index (κ2) is 9.06. The van der Waals surface area contributed by atoms with Crippen molar-refractivity contribution in [3.8, 4) is 5.75 Å². The van der Waals surface area contributed by atoms with Crippen LogP contribution in [0.1, 0.15) is 35.2 Å². The molecular formula is C21H25ClN2O2. The zero-order chi connectivity index (χ0) is 18.4. The molecule has 0 aliphatic carbocycles. The molecule has 0 atom stereocenters. The fourth-order valence-electron chi connectivity index (χ4n) is 3.28. The van der Waals surface area contributed by atoms with Crippen molar-refractivity contribution in [2.75, 3.05) is 32.1 Å². The van der Waals surface area contributed by atoms with Gasteiger partial charge in [0, 0.05) is 17.3 Å². The molecule has 0 bridgehead atoms. The molecule has 26 heavy (non-hydrogen) atoms. The number of nitrogens with zero attached hydrogens (tertiary/aromatic N) is 1. The van der Waals surface area contributed by atoms with E-state index in [4.69, 9.17) is 16.3 Å². The van der Waals surface area contributed by atoms with Crippen LogP contribution < -0.4 is 10.1 Å². The molecule has 0 radical (unpaired) electrons. The van der Waals surface area contributed by atoms with E-state index < -0.39 is 0 Å². The lowest BCUT2D eigenvalue weighted by atomic mass is 10.1. The number of hydrogen-bond donors (Lipinski definition) is 1. The number of anilines is 1. The molecule has 3 rings (SSSR count). The summed E-state index contributed by atoms with van der Waals surface area (Å²) in [5.74, 6) is 0.274. The van der Waals surface area contributed by atoms with Gasteiger partial charge in [0.2, 0.25) is 0 Å². The van der Waals surface area contributed by atoms with Crippen LogP contribution in [0, 0.1) is 0 Å². The summed E-state index contributed by atoms with van der Waals surface area (Å²) in [6, 6.07) is 13.1. The van der Waals surface area contributed by atoms with E-state index in [1.807, 2.05) is 12.1 Å². The summed E-state index contributed by atoms with van der Waals surface area (Å²) in [7, 11) is 1.54. The number of nitrogens with one attached hydrogen (secondary N) is 1. The van der Waals surface area contributed by atoms with Gasteiger partial charge in [-0.3, -0.25) is 4.79 Å². The van der Waals surface area contributed by atoms with E-state index in [0.29, 0.717) is 16.3 Å². The van der Waals surface area contributed by atoms with Crippen molar-refractivity contribution in [1.82, 2.24) is 4.90 Å². The molecule has 4 nitrogen and oxygen atoms in total. The first kappa shape index (κ1) is 18.7. The van der Waals surface area contributed by atoms with Crippen LogP contribution in [0.25, 0.3) is 0 Å². The van der Waals surface area contributed by atoms with Crippen LogP contribution in [0.2, 0.25) is 5.02 Å². The van der Waals surface area contributed by atoms with E-state index in [2.05, 4.69) is 22.3 Å². The average molecular weight is 373 g/mol. The van der Waals surface area contributed by atoms with Crippen LogP contribution in [0.5, 0.6) is 5.75 Å². The van der Waals surface area contributed by atoms with E-state index in [-0.39, 0.29) is 5.91 Å². The van der Waals surface area contributed by atoms with Crippen LogP contribution >= 0.6 is 11.6 Å². The number of halogens is 1. The van der Waals surface area contributed by atoms with Crippen molar-refractivity contribution in [3.63, 3.8) is 0 Å². The molecule has 0 aromatic heterocycles. The van der Waals surface area contributed by atoms with Crippen molar-refractivity contribution < 1.29 is 9.53 Å². The number of benzene rings is 2. The number of carbonyl (C=O) groups excluding carboxylic acids is 1. The number of piperidine rings is 1. The van der Waals surface area contributed by atoms with Crippen molar-refractivity contribution in [3.05, 3.63) is 58.6 Å². The van der Waals surface area contributed by atoms with E-state index in [0.717, 1.165) is 18.7 Å². The van der Waals surface area contributed by atoms with Gasteiger partial charge in [-0.05, 0) is 68.2 Å². The summed E-state index contributed by atoms with van der Waals surface area (Å²) in [5.41, 5.74) is 2.47. The van der Waals surface area contributed by atoms with E-state index >= 15 is 0 Å². The molecule has 138 valence electrons. The zero-order valence-corrected chi connectivity index (χ0v) is 15.9. The van der Waals surface area contributed by atoms with E-state index in [9.17, 15) is 4.79 Å². The Labute approximate surface area is 160 Å². The third-order valence-electron chi connectivity index (χ3n) is 4.78. The van der Waals surface area contributed by atoms with Gasteiger partial charge >= 0.3 is 0 Å². The van der Waals surface area contributed by atoms with Gasteiger partial charge in [0.15, 0.2) is 0 Å². The second-order valence-corrected chi connectivity index (χ2v) is 7.08. The normalized spacial score (nSPS) is 14.8. The maximum absolute atomic E-state index is 12.5. The molecular weight excluding hydrogens is 348 g/mol. The van der Waals surface area contributed by atoms with Gasteiger partial charge in [-0.2, -0.15) is 0 Å². The van der Waals surface area contributed by atoms with E-state index in [1.165, 1.54) is 45.0 Å². The fourth-order valence-corrected chi connectivity index (χ4v) is 3.45. The summed E-state index contributed by atoms with van der Waals surface area (Å²) in [6.07, 6.45) is 5.04. The van der Waals surface area contributed by atoms with Gasteiger partial charge in [-0.25, -0.2) is 0 Å². The smallest absolute Gasteiger partial charge is 0.259 e. The molecule has 1 amide bonds.